The largest absolute Gasteiger partial charge is 0.264 e. The zero-order valence-electron chi connectivity index (χ0n) is 69.3. The van der Waals surface area contributed by atoms with E-state index >= 15 is 0 Å². The summed E-state index contributed by atoms with van der Waals surface area (Å²) in [5, 5.41) is 2.36. The molecule has 0 radical (unpaired) electrons. The molecular formula is C120H79N5S. The minimum absolute atomic E-state index is 0.0917. The molecule has 1 unspecified atom stereocenters. The monoisotopic (exact) mass is 1620 g/mol. The Morgan fingerprint density at radius 2 is 0.667 bits per heavy atom. The van der Waals surface area contributed by atoms with Gasteiger partial charge in [0.15, 0.2) is 5.82 Å². The maximum absolute atomic E-state index is 5.53. The fraction of sp³-hybridized carbons (Fsp3) is 0.0417. The average molecular weight is 1620 g/mol. The van der Waals surface area contributed by atoms with E-state index in [2.05, 4.69) is 432 Å². The SMILES string of the molecule is CC1(C)c2ccccc2-c2cc(-c3cc(-c4ccccc4)cc(-c4ccc(-c5ccc6c(c5-c5cccnc5)-c5ccccc5C6(c5ccccc5)c5ccc(-c6cccc7c6sc6ccc(-c8nc(-c9ccccc9)cc(-c9ccc(-c%10ccc%11c(c%10-c%10ccccn%10)-c%10ccccc%10C%11(c%10ccccc%10)c%10ccccc%10)cc9)n8)cc67)cc5)cc4)n3)ccc21. The summed E-state index contributed by atoms with van der Waals surface area (Å²) in [5.41, 5.74) is 40.5. The summed E-state index contributed by atoms with van der Waals surface area (Å²) in [4.78, 5) is 26.4. The molecule has 5 heterocycles. The van der Waals surface area contributed by atoms with Crippen LogP contribution in [0.4, 0.5) is 0 Å². The van der Waals surface area contributed by atoms with E-state index in [9.17, 15) is 0 Å². The van der Waals surface area contributed by atoms with Crippen LogP contribution in [-0.2, 0) is 16.2 Å². The van der Waals surface area contributed by atoms with Crippen LogP contribution in [0, 0.1) is 0 Å². The summed E-state index contributed by atoms with van der Waals surface area (Å²) in [6.45, 7) is 4.67. The van der Waals surface area contributed by atoms with Gasteiger partial charge in [-0.2, -0.15) is 0 Å². The van der Waals surface area contributed by atoms with Gasteiger partial charge in [0.2, 0.25) is 0 Å². The Bertz CT molecular complexity index is 7810. The average Bonchev–Trinajstić information content (AvgIpc) is 1.53. The van der Waals surface area contributed by atoms with Gasteiger partial charge in [-0.25, -0.2) is 15.0 Å². The predicted octanol–water partition coefficient (Wildman–Crippen LogP) is 30.4. The highest BCUT2D eigenvalue weighted by molar-refractivity contribution is 7.26. The quantitative estimate of drug-likeness (QED) is 0.102. The van der Waals surface area contributed by atoms with Crippen LogP contribution in [0.1, 0.15) is 69.5 Å². The number of benzene rings is 16. The third-order valence-corrected chi connectivity index (χ3v) is 28.1. The van der Waals surface area contributed by atoms with Gasteiger partial charge in [-0.05, 0) is 200 Å². The highest BCUT2D eigenvalue weighted by Crippen LogP contribution is 2.63. The summed E-state index contributed by atoms with van der Waals surface area (Å²) in [6, 6.07) is 156. The van der Waals surface area contributed by atoms with Crippen molar-refractivity contribution in [2.45, 2.75) is 30.1 Å². The van der Waals surface area contributed by atoms with Crippen LogP contribution in [0.25, 0.3) is 177 Å². The number of hydrogen-bond donors (Lipinski definition) is 0. The zero-order valence-corrected chi connectivity index (χ0v) is 70.1. The van der Waals surface area contributed by atoms with Crippen LogP contribution in [-0.4, -0.2) is 24.9 Å². The molecule has 0 spiro atoms. The van der Waals surface area contributed by atoms with Crippen LogP contribution in [0.15, 0.2) is 443 Å². The van der Waals surface area contributed by atoms with E-state index in [4.69, 9.17) is 24.9 Å². The van der Waals surface area contributed by atoms with Gasteiger partial charge in [0.1, 0.15) is 0 Å². The van der Waals surface area contributed by atoms with E-state index in [1.807, 2.05) is 36.0 Å². The molecule has 590 valence electrons. The summed E-state index contributed by atoms with van der Waals surface area (Å²) >= 11 is 1.84. The molecule has 0 bridgehead atoms. The van der Waals surface area contributed by atoms with E-state index in [0.29, 0.717) is 5.82 Å². The second-order valence-corrected chi connectivity index (χ2v) is 35.0. The Morgan fingerprint density at radius 1 is 0.222 bits per heavy atom. The van der Waals surface area contributed by atoms with Gasteiger partial charge < -0.3 is 0 Å². The third kappa shape index (κ3) is 11.8. The molecule has 0 amide bonds. The normalized spacial score (nSPS) is 14.1. The number of fused-ring (bicyclic) bond motifs is 12. The number of thiophene rings is 1. The van der Waals surface area contributed by atoms with E-state index < -0.39 is 10.8 Å². The Labute approximate surface area is 736 Å². The van der Waals surface area contributed by atoms with Crippen molar-refractivity contribution >= 4 is 31.5 Å². The first kappa shape index (κ1) is 74.1. The molecule has 16 aromatic carbocycles. The highest BCUT2D eigenvalue weighted by Gasteiger charge is 2.50. The minimum atomic E-state index is -0.692. The Kier molecular flexibility index (Phi) is 17.5. The number of aromatic nitrogens is 5. The molecule has 3 aliphatic carbocycles. The van der Waals surface area contributed by atoms with Gasteiger partial charge in [0, 0.05) is 83.1 Å². The van der Waals surface area contributed by atoms with Crippen molar-refractivity contribution in [1.82, 2.24) is 24.9 Å². The van der Waals surface area contributed by atoms with Gasteiger partial charge in [-0.1, -0.05) is 378 Å². The number of nitrogens with zero attached hydrogens (tertiary/aromatic N) is 5. The van der Waals surface area contributed by atoms with Crippen molar-refractivity contribution in [3.05, 3.63) is 499 Å². The van der Waals surface area contributed by atoms with Crippen LogP contribution in [0.5, 0.6) is 0 Å². The number of pyridine rings is 3. The molecule has 0 aliphatic heterocycles. The third-order valence-electron chi connectivity index (χ3n) is 26.9. The van der Waals surface area contributed by atoms with Gasteiger partial charge >= 0.3 is 0 Å². The molecule has 1 atom stereocenters. The van der Waals surface area contributed by atoms with Crippen molar-refractivity contribution in [1.29, 1.82) is 0 Å². The van der Waals surface area contributed by atoms with Crippen molar-refractivity contribution in [3.8, 4) is 157 Å². The van der Waals surface area contributed by atoms with E-state index in [-0.39, 0.29) is 5.41 Å². The fourth-order valence-corrected chi connectivity index (χ4v) is 22.4. The molecule has 0 saturated heterocycles. The topological polar surface area (TPSA) is 64.5 Å². The molecular weight excluding hydrogens is 1540 g/mol. The maximum Gasteiger partial charge on any atom is 0.160 e. The fourth-order valence-electron chi connectivity index (χ4n) is 21.1. The van der Waals surface area contributed by atoms with Crippen LogP contribution < -0.4 is 0 Å². The molecule has 0 saturated carbocycles. The van der Waals surface area contributed by atoms with Gasteiger partial charge in [-0.15, -0.1) is 11.3 Å². The van der Waals surface area contributed by atoms with E-state index in [0.717, 1.165) is 112 Å². The molecule has 5 nitrogen and oxygen atoms in total. The summed E-state index contributed by atoms with van der Waals surface area (Å²) in [6.07, 6.45) is 5.82. The maximum atomic E-state index is 5.53. The lowest BCUT2D eigenvalue weighted by atomic mass is 9.67. The Balaban J connectivity index is 0.580. The van der Waals surface area contributed by atoms with Crippen LogP contribution >= 0.6 is 11.3 Å². The number of rotatable bonds is 15. The lowest BCUT2D eigenvalue weighted by Gasteiger charge is -2.34. The molecule has 6 heteroatoms. The molecule has 0 fully saturated rings. The van der Waals surface area contributed by atoms with Gasteiger partial charge in [-0.3, -0.25) is 9.97 Å². The Morgan fingerprint density at radius 3 is 1.25 bits per heavy atom. The smallest absolute Gasteiger partial charge is 0.160 e. The Hall–Kier alpha value is -15.7. The van der Waals surface area contributed by atoms with Gasteiger partial charge in [0.25, 0.3) is 0 Å². The zero-order chi connectivity index (χ0) is 83.6. The van der Waals surface area contributed by atoms with Crippen LogP contribution in [0.3, 0.4) is 0 Å². The second-order valence-electron chi connectivity index (χ2n) is 33.9. The van der Waals surface area contributed by atoms with Crippen molar-refractivity contribution in [2.75, 3.05) is 0 Å². The van der Waals surface area contributed by atoms with E-state index in [1.165, 1.54) is 115 Å². The first-order valence-corrected chi connectivity index (χ1v) is 44.1. The summed E-state index contributed by atoms with van der Waals surface area (Å²) in [5.74, 6) is 0.662. The molecule has 3 aliphatic rings. The van der Waals surface area contributed by atoms with E-state index in [1.54, 1.807) is 0 Å². The van der Waals surface area contributed by atoms with Crippen LogP contribution in [0.2, 0.25) is 0 Å². The van der Waals surface area contributed by atoms with Crippen molar-refractivity contribution in [3.63, 3.8) is 0 Å². The first-order valence-electron chi connectivity index (χ1n) is 43.3. The lowest BCUT2D eigenvalue weighted by Crippen LogP contribution is -2.28. The highest BCUT2D eigenvalue weighted by atomic mass is 32.1. The molecule has 24 rings (SSSR count). The first-order chi connectivity index (χ1) is 62.2. The molecule has 126 heavy (non-hydrogen) atoms. The molecule has 0 N–H and O–H groups in total. The van der Waals surface area contributed by atoms with Gasteiger partial charge in [0.05, 0.1) is 39.3 Å². The molecule has 21 aromatic rings. The minimum Gasteiger partial charge on any atom is -0.264 e. The van der Waals surface area contributed by atoms with Crippen molar-refractivity contribution in [2.24, 2.45) is 0 Å². The predicted molar refractivity (Wildman–Crippen MR) is 520 cm³/mol. The summed E-state index contributed by atoms with van der Waals surface area (Å²) < 4.78 is 2.42. The summed E-state index contributed by atoms with van der Waals surface area (Å²) in [7, 11) is 0. The number of hydrogen-bond acceptors (Lipinski definition) is 6. The standard InChI is InChI=1S/C120H79N5S/c1-118(2)100-44-21-18-39-94(100)98-70-83(58-64-101(98)118)108-73-86(76-28-8-3-9-29-76)72-107(123-108)81-52-48-77(49-53-81)91-62-65-104-113(112(91)85-32-27-68-121-75-85)96-40-19-22-45-102(96)120(104,89-37-16-7-17-38-89)90-60-56-79(57-61-90)93-42-26-43-95-99-71-84(59-67-111(99)126-116(93)95)117-124-109(80-30-10-4-11-31-80)74-110(125-117)82-54-50-78(51-55-82)92-63-66-105-114(115(92)106-47-24-25-69-122-106)97-41-20-23-46-103(97)119(105,87-33-12-5-13-34-87)88-35-14-6-15-36-88/h3-75H,1-2H3. The lowest BCUT2D eigenvalue weighted by molar-refractivity contribution is 0.660. The molecule has 5 aromatic heterocycles. The van der Waals surface area contributed by atoms with Crippen molar-refractivity contribution < 1.29 is 0 Å². The second kappa shape index (κ2) is 29.8.